The number of aliphatic hydroxyl groups excluding tert-OH is 1. The van der Waals surface area contributed by atoms with Crippen LogP contribution in [0.5, 0.6) is 0 Å². The fourth-order valence-corrected chi connectivity index (χ4v) is 9.79. The predicted octanol–water partition coefficient (Wildman–Crippen LogP) is 14.4. The van der Waals surface area contributed by atoms with E-state index in [4.69, 9.17) is 4.74 Å². The zero-order chi connectivity index (χ0) is 44.3. The highest BCUT2D eigenvalue weighted by Gasteiger charge is 2.21. The second-order valence-corrected chi connectivity index (χ2v) is 19.5. The number of amides is 1. The predicted molar refractivity (Wildman–Crippen MR) is 263 cm³/mol. The van der Waals surface area contributed by atoms with Crippen LogP contribution in [0.3, 0.4) is 0 Å². The molecule has 0 aromatic carbocycles. The molecule has 1 aliphatic rings. The van der Waals surface area contributed by atoms with Gasteiger partial charge in [0.15, 0.2) is 0 Å². The number of carbonyl (C=O) groups excluding carboxylic acids is 2. The van der Waals surface area contributed by atoms with E-state index < -0.39 is 0 Å². The lowest BCUT2D eigenvalue weighted by Gasteiger charge is -2.35. The molecule has 1 fully saturated rings. The van der Waals surface area contributed by atoms with Gasteiger partial charge in [0.1, 0.15) is 0 Å². The summed E-state index contributed by atoms with van der Waals surface area (Å²) < 4.78 is 5.83. The third-order valence-electron chi connectivity index (χ3n) is 13.8. The van der Waals surface area contributed by atoms with Gasteiger partial charge in [-0.15, -0.1) is 0 Å². The van der Waals surface area contributed by atoms with Crippen molar-refractivity contribution in [2.75, 3.05) is 52.5 Å². The van der Waals surface area contributed by atoms with Crippen LogP contribution in [0.25, 0.3) is 0 Å². The highest BCUT2D eigenvalue weighted by Crippen LogP contribution is 2.25. The molecule has 1 aliphatic carbocycles. The Kier molecular flexibility index (Phi) is 41.8. The molecule has 7 nitrogen and oxygen atoms in total. The molecule has 0 aliphatic heterocycles. The number of carbonyl (C=O) groups is 2. The van der Waals surface area contributed by atoms with E-state index in [9.17, 15) is 14.7 Å². The first-order chi connectivity index (χ1) is 30.0. The van der Waals surface area contributed by atoms with Gasteiger partial charge in [-0.3, -0.25) is 14.5 Å². The Balaban J connectivity index is 2.54. The van der Waals surface area contributed by atoms with Crippen LogP contribution in [0.1, 0.15) is 265 Å². The van der Waals surface area contributed by atoms with Crippen molar-refractivity contribution in [1.82, 2.24) is 15.1 Å². The van der Waals surface area contributed by atoms with Gasteiger partial charge >= 0.3 is 5.97 Å². The lowest BCUT2D eigenvalue weighted by Crippen LogP contribution is -2.43. The zero-order valence-corrected chi connectivity index (χ0v) is 41.6. The maximum atomic E-state index is 13.0. The number of rotatable bonds is 46. The Hall–Kier alpha value is -1.18. The van der Waals surface area contributed by atoms with Gasteiger partial charge < -0.3 is 20.1 Å². The molecule has 0 heterocycles. The molecule has 7 heteroatoms. The number of nitrogens with zero attached hydrogens (tertiary/aromatic N) is 2. The molecule has 61 heavy (non-hydrogen) atoms. The third-order valence-corrected chi connectivity index (χ3v) is 13.8. The number of hydrogen-bond acceptors (Lipinski definition) is 6. The molecule has 0 bridgehead atoms. The average molecular weight is 862 g/mol. The molecule has 2 N–H and O–H groups in total. The third kappa shape index (κ3) is 35.8. The van der Waals surface area contributed by atoms with E-state index in [2.05, 4.69) is 42.8 Å². The molecule has 362 valence electrons. The fraction of sp³-hybridized carbons (Fsp3) is 0.963. The minimum atomic E-state index is 0.0198. The molecular weight excluding hydrogens is 755 g/mol. The Morgan fingerprint density at radius 2 is 0.984 bits per heavy atom. The van der Waals surface area contributed by atoms with Gasteiger partial charge in [-0.1, -0.05) is 182 Å². The van der Waals surface area contributed by atoms with Gasteiger partial charge in [-0.2, -0.15) is 0 Å². The van der Waals surface area contributed by atoms with E-state index in [1.807, 2.05) is 0 Å². The molecular formula is C54H107N3O4. The van der Waals surface area contributed by atoms with E-state index in [1.165, 1.54) is 186 Å². The molecule has 2 unspecified atom stereocenters. The van der Waals surface area contributed by atoms with Gasteiger partial charge in [-0.25, -0.2) is 0 Å². The van der Waals surface area contributed by atoms with Crippen LogP contribution in [0.2, 0.25) is 0 Å². The molecule has 1 saturated carbocycles. The summed E-state index contributed by atoms with van der Waals surface area (Å²) >= 11 is 0. The fourth-order valence-electron chi connectivity index (χ4n) is 9.79. The monoisotopic (exact) mass is 862 g/mol. The highest BCUT2D eigenvalue weighted by molar-refractivity contribution is 5.76. The van der Waals surface area contributed by atoms with E-state index in [0.717, 1.165) is 77.8 Å². The van der Waals surface area contributed by atoms with Crippen molar-refractivity contribution >= 4 is 11.9 Å². The van der Waals surface area contributed by atoms with Crippen molar-refractivity contribution in [3.05, 3.63) is 0 Å². The van der Waals surface area contributed by atoms with Gasteiger partial charge in [0, 0.05) is 45.1 Å². The normalized spacial score (nSPS) is 14.5. The van der Waals surface area contributed by atoms with E-state index in [-0.39, 0.29) is 18.5 Å². The molecule has 2 atom stereocenters. The van der Waals surface area contributed by atoms with Crippen LogP contribution in [-0.4, -0.2) is 85.3 Å². The first-order valence-electron chi connectivity index (χ1n) is 27.5. The van der Waals surface area contributed by atoms with Crippen LogP contribution in [0.4, 0.5) is 0 Å². The summed E-state index contributed by atoms with van der Waals surface area (Å²) in [6.45, 7) is 15.7. The van der Waals surface area contributed by atoms with Crippen molar-refractivity contribution in [3.8, 4) is 0 Å². The van der Waals surface area contributed by atoms with Gasteiger partial charge in [0.25, 0.3) is 0 Å². The van der Waals surface area contributed by atoms with E-state index in [0.29, 0.717) is 37.3 Å². The largest absolute Gasteiger partial charge is 0.466 e. The van der Waals surface area contributed by atoms with Crippen molar-refractivity contribution in [2.24, 2.45) is 11.8 Å². The summed E-state index contributed by atoms with van der Waals surface area (Å²) in [6, 6.07) is 0.615. The van der Waals surface area contributed by atoms with Crippen LogP contribution >= 0.6 is 0 Å². The average Bonchev–Trinajstić information content (AvgIpc) is 3.26. The van der Waals surface area contributed by atoms with Crippen LogP contribution in [0.15, 0.2) is 0 Å². The number of hydrogen-bond donors (Lipinski definition) is 2. The maximum absolute atomic E-state index is 13.0. The van der Waals surface area contributed by atoms with Crippen LogP contribution in [-0.2, 0) is 14.3 Å². The second-order valence-electron chi connectivity index (χ2n) is 19.5. The minimum absolute atomic E-state index is 0.0198. The van der Waals surface area contributed by atoms with Crippen molar-refractivity contribution < 1.29 is 19.4 Å². The van der Waals surface area contributed by atoms with Gasteiger partial charge in [0.05, 0.1) is 13.2 Å². The van der Waals surface area contributed by atoms with Crippen molar-refractivity contribution in [1.29, 1.82) is 0 Å². The van der Waals surface area contributed by atoms with Crippen LogP contribution in [0, 0.1) is 11.8 Å². The molecule has 0 aromatic heterocycles. The zero-order valence-electron chi connectivity index (χ0n) is 41.6. The Bertz CT molecular complexity index is 885. The molecule has 0 radical (unpaired) electrons. The summed E-state index contributed by atoms with van der Waals surface area (Å²) in [5, 5.41) is 13.2. The van der Waals surface area contributed by atoms with Gasteiger partial charge in [-0.05, 0) is 95.6 Å². The number of unbranched alkanes of at least 4 members (excludes halogenated alkanes) is 20. The van der Waals surface area contributed by atoms with Gasteiger partial charge in [0.2, 0.25) is 5.91 Å². The summed E-state index contributed by atoms with van der Waals surface area (Å²) in [4.78, 5) is 31.2. The summed E-state index contributed by atoms with van der Waals surface area (Å²) in [7, 11) is 0. The van der Waals surface area contributed by atoms with Crippen molar-refractivity contribution in [3.63, 3.8) is 0 Å². The van der Waals surface area contributed by atoms with Crippen molar-refractivity contribution in [2.45, 2.75) is 271 Å². The number of ether oxygens (including phenoxy) is 1. The molecule has 1 rings (SSSR count). The molecule has 0 saturated heterocycles. The summed E-state index contributed by atoms with van der Waals surface area (Å²) in [5.41, 5.74) is 0. The van der Waals surface area contributed by atoms with E-state index >= 15 is 0 Å². The lowest BCUT2D eigenvalue weighted by atomic mass is 9.91. The standard InChI is InChI=1S/C54H107N3O4/c1-5-9-13-17-19-26-35-50(34-24-15-11-7-3)48-53(59)55-40-30-22-31-41-56(43-44-57(45-46-58)52-38-28-21-29-39-52)42-32-23-33-47-61-54(60)49-51(36-25-16-12-8-4)37-27-20-18-14-10-6-2/h50-52,58H,5-49H2,1-4H3,(H,55,59). The van der Waals surface area contributed by atoms with E-state index in [1.54, 1.807) is 0 Å². The number of esters is 1. The minimum Gasteiger partial charge on any atom is -0.466 e. The molecule has 0 aromatic rings. The smallest absolute Gasteiger partial charge is 0.306 e. The highest BCUT2D eigenvalue weighted by atomic mass is 16.5. The Morgan fingerprint density at radius 3 is 1.51 bits per heavy atom. The Labute approximate surface area is 380 Å². The molecule has 0 spiro atoms. The topological polar surface area (TPSA) is 82.1 Å². The van der Waals surface area contributed by atoms with Crippen LogP contribution < -0.4 is 5.32 Å². The SMILES string of the molecule is CCCCCCCCC(CCCCCC)CC(=O)NCCCCCN(CCCCCOC(=O)CC(CCCCCC)CCCCCCCC)CCN(CCO)C1CCCCC1. The quantitative estimate of drug-likeness (QED) is 0.0469. The summed E-state index contributed by atoms with van der Waals surface area (Å²) in [6.07, 6.45) is 45.1. The summed E-state index contributed by atoms with van der Waals surface area (Å²) in [5.74, 6) is 1.31. The first-order valence-corrected chi connectivity index (χ1v) is 27.5. The molecule has 1 amide bonds. The number of nitrogens with one attached hydrogen (secondary N) is 1. The second kappa shape index (κ2) is 44.0. The maximum Gasteiger partial charge on any atom is 0.306 e. The lowest BCUT2D eigenvalue weighted by molar-refractivity contribution is -0.145. The number of aliphatic hydroxyl groups is 1. The Morgan fingerprint density at radius 1 is 0.525 bits per heavy atom. The first kappa shape index (κ1) is 57.8.